The van der Waals surface area contributed by atoms with Crippen LogP contribution in [-0.4, -0.2) is 39.8 Å². The van der Waals surface area contributed by atoms with Crippen molar-refractivity contribution >= 4 is 48.3 Å². The van der Waals surface area contributed by atoms with E-state index < -0.39 is 0 Å². The van der Waals surface area contributed by atoms with Gasteiger partial charge in [-0.15, -0.1) is 11.3 Å². The van der Waals surface area contributed by atoms with E-state index >= 15 is 0 Å². The van der Waals surface area contributed by atoms with E-state index in [2.05, 4.69) is 47.1 Å². The normalized spacial score (nSPS) is 25.3. The van der Waals surface area contributed by atoms with Crippen LogP contribution in [0.15, 0.2) is 20.9 Å². The number of anilines is 1. The second-order valence-electron chi connectivity index (χ2n) is 5.37. The van der Waals surface area contributed by atoms with Crippen LogP contribution in [0, 0.1) is 0 Å². The van der Waals surface area contributed by atoms with E-state index in [1.54, 1.807) is 11.3 Å². The van der Waals surface area contributed by atoms with Gasteiger partial charge in [0, 0.05) is 11.6 Å². The van der Waals surface area contributed by atoms with Gasteiger partial charge in [-0.1, -0.05) is 0 Å². The Bertz CT molecular complexity index is 636. The molecule has 0 aromatic carbocycles. The number of rotatable bonds is 2. The second kappa shape index (κ2) is 5.64. The van der Waals surface area contributed by atoms with Crippen LogP contribution in [0.3, 0.4) is 0 Å². The lowest BCUT2D eigenvalue weighted by Crippen LogP contribution is -2.55. The molecule has 0 N–H and O–H groups in total. The van der Waals surface area contributed by atoms with E-state index in [0.29, 0.717) is 12.1 Å². The summed E-state index contributed by atoms with van der Waals surface area (Å²) in [5.41, 5.74) is 0. The molecule has 2 aromatic rings. The zero-order chi connectivity index (χ0) is 14.4. The van der Waals surface area contributed by atoms with Gasteiger partial charge in [-0.25, -0.2) is 9.97 Å². The van der Waals surface area contributed by atoms with Crippen LogP contribution in [0.25, 0.3) is 5.82 Å². The van der Waals surface area contributed by atoms with E-state index in [0.717, 1.165) is 33.5 Å². The maximum atomic E-state index is 5.71. The molecule has 4 heterocycles. The van der Waals surface area contributed by atoms with Gasteiger partial charge in [0.25, 0.3) is 0 Å². The number of aromatic nitrogens is 3. The highest BCUT2D eigenvalue weighted by Gasteiger charge is 2.36. The smallest absolute Gasteiger partial charge is 0.188 e. The van der Waals surface area contributed by atoms with Crippen molar-refractivity contribution in [1.29, 1.82) is 0 Å². The van der Waals surface area contributed by atoms with Crippen molar-refractivity contribution in [2.45, 2.75) is 31.3 Å². The SMILES string of the molecule is Brc1cn(-c2csc(N3[C@@H]4CCC[C@H]3COC4)n2)c(Br)n1. The monoisotopic (exact) mass is 432 g/mol. The van der Waals surface area contributed by atoms with Crippen LogP contribution in [0.2, 0.25) is 0 Å². The highest BCUT2D eigenvalue weighted by molar-refractivity contribution is 9.11. The Morgan fingerprint density at radius 1 is 1.19 bits per heavy atom. The molecule has 2 atom stereocenters. The number of morpholine rings is 1. The van der Waals surface area contributed by atoms with Crippen molar-refractivity contribution in [3.05, 3.63) is 20.9 Å². The van der Waals surface area contributed by atoms with Crippen molar-refractivity contribution in [1.82, 2.24) is 14.5 Å². The zero-order valence-electron chi connectivity index (χ0n) is 11.2. The first-order valence-electron chi connectivity index (χ1n) is 6.95. The standard InChI is InChI=1S/C13H14Br2N4OS/c14-10-4-18(12(15)16-10)11-7-21-13(17-11)19-8-2-1-3-9(19)6-20-5-8/h4,7-9H,1-3,5-6H2/t8-,9+. The largest absolute Gasteiger partial charge is 0.377 e. The Hall–Kier alpha value is -0.440. The fourth-order valence-electron chi connectivity index (χ4n) is 3.12. The Morgan fingerprint density at radius 3 is 2.62 bits per heavy atom. The third kappa shape index (κ3) is 2.56. The van der Waals surface area contributed by atoms with E-state index in [-0.39, 0.29) is 0 Å². The van der Waals surface area contributed by atoms with E-state index in [1.165, 1.54) is 19.3 Å². The van der Waals surface area contributed by atoms with Gasteiger partial charge in [-0.05, 0) is 51.1 Å². The zero-order valence-corrected chi connectivity index (χ0v) is 15.2. The lowest BCUT2D eigenvalue weighted by Gasteiger charge is -2.45. The molecule has 0 radical (unpaired) electrons. The number of thiazole rings is 1. The van der Waals surface area contributed by atoms with Gasteiger partial charge >= 0.3 is 0 Å². The van der Waals surface area contributed by atoms with Gasteiger partial charge < -0.3 is 9.64 Å². The van der Waals surface area contributed by atoms with Gasteiger partial charge in [0.2, 0.25) is 0 Å². The van der Waals surface area contributed by atoms with Crippen molar-refractivity contribution in [3.63, 3.8) is 0 Å². The Morgan fingerprint density at radius 2 is 1.95 bits per heavy atom. The number of imidazole rings is 1. The van der Waals surface area contributed by atoms with E-state index in [9.17, 15) is 0 Å². The van der Waals surface area contributed by atoms with Crippen LogP contribution in [-0.2, 0) is 4.74 Å². The number of nitrogens with zero attached hydrogens (tertiary/aromatic N) is 4. The third-order valence-electron chi connectivity index (χ3n) is 4.06. The molecule has 0 unspecified atom stereocenters. The second-order valence-corrected chi connectivity index (χ2v) is 7.73. The summed E-state index contributed by atoms with van der Waals surface area (Å²) in [5.74, 6) is 0.907. The van der Waals surface area contributed by atoms with Gasteiger partial charge in [-0.2, -0.15) is 0 Å². The highest BCUT2D eigenvalue weighted by Crippen LogP contribution is 2.35. The maximum Gasteiger partial charge on any atom is 0.188 e. The Kier molecular flexibility index (Phi) is 3.81. The molecular formula is C13H14Br2N4OS. The van der Waals surface area contributed by atoms with Crippen LogP contribution < -0.4 is 4.90 Å². The summed E-state index contributed by atoms with van der Waals surface area (Å²) in [7, 11) is 0. The summed E-state index contributed by atoms with van der Waals surface area (Å²) in [6.45, 7) is 1.65. The van der Waals surface area contributed by atoms with E-state index in [1.807, 2.05) is 10.8 Å². The molecule has 0 aliphatic carbocycles. The molecule has 0 spiro atoms. The summed E-state index contributed by atoms with van der Waals surface area (Å²) in [6, 6.07) is 0.962. The molecular weight excluding hydrogens is 420 g/mol. The minimum Gasteiger partial charge on any atom is -0.377 e. The highest BCUT2D eigenvalue weighted by atomic mass is 79.9. The van der Waals surface area contributed by atoms with Crippen LogP contribution >= 0.6 is 43.2 Å². The lowest BCUT2D eigenvalue weighted by molar-refractivity contribution is 0.0463. The predicted molar refractivity (Wildman–Crippen MR) is 89.4 cm³/mol. The first-order valence-corrected chi connectivity index (χ1v) is 9.41. The van der Waals surface area contributed by atoms with Crippen LogP contribution in [0.4, 0.5) is 5.13 Å². The first kappa shape index (κ1) is 14.2. The van der Waals surface area contributed by atoms with Gasteiger partial charge in [0.1, 0.15) is 4.60 Å². The van der Waals surface area contributed by atoms with Gasteiger partial charge in [-0.3, -0.25) is 4.57 Å². The fraction of sp³-hybridized carbons (Fsp3) is 0.538. The molecule has 2 fully saturated rings. The maximum absolute atomic E-state index is 5.71. The number of hydrogen-bond donors (Lipinski definition) is 0. The Balaban J connectivity index is 1.66. The minimum atomic E-state index is 0.481. The van der Waals surface area contributed by atoms with E-state index in [4.69, 9.17) is 9.72 Å². The summed E-state index contributed by atoms with van der Waals surface area (Å²) in [6.07, 6.45) is 5.62. The predicted octanol–water partition coefficient (Wildman–Crippen LogP) is 3.61. The number of fused-ring (bicyclic) bond motifs is 2. The Labute approximate surface area is 143 Å². The molecule has 0 saturated carbocycles. The molecule has 2 aromatic heterocycles. The van der Waals surface area contributed by atoms with Crippen molar-refractivity contribution < 1.29 is 4.74 Å². The summed E-state index contributed by atoms with van der Waals surface area (Å²) < 4.78 is 9.21. The molecule has 112 valence electrons. The van der Waals surface area contributed by atoms with Crippen molar-refractivity contribution in [2.75, 3.05) is 18.1 Å². The van der Waals surface area contributed by atoms with Crippen LogP contribution in [0.1, 0.15) is 19.3 Å². The molecule has 5 nitrogen and oxygen atoms in total. The lowest BCUT2D eigenvalue weighted by atomic mass is 9.95. The number of hydrogen-bond acceptors (Lipinski definition) is 5. The topological polar surface area (TPSA) is 43.2 Å². The fourth-order valence-corrected chi connectivity index (χ4v) is 5.15. The molecule has 2 saturated heterocycles. The number of piperidine rings is 1. The molecule has 21 heavy (non-hydrogen) atoms. The number of ether oxygens (including phenoxy) is 1. The molecule has 2 bridgehead atoms. The first-order chi connectivity index (χ1) is 10.2. The summed E-state index contributed by atoms with van der Waals surface area (Å²) in [5, 5.41) is 3.18. The van der Waals surface area contributed by atoms with Crippen molar-refractivity contribution in [3.8, 4) is 5.82 Å². The average Bonchev–Trinajstić information content (AvgIpc) is 3.04. The summed E-state index contributed by atoms with van der Waals surface area (Å²) >= 11 is 8.55. The molecule has 4 rings (SSSR count). The molecule has 2 aliphatic heterocycles. The molecule has 8 heteroatoms. The summed E-state index contributed by atoms with van der Waals surface area (Å²) in [4.78, 5) is 11.6. The third-order valence-corrected chi connectivity index (χ3v) is 5.85. The average molecular weight is 434 g/mol. The minimum absolute atomic E-state index is 0.481. The van der Waals surface area contributed by atoms with Crippen LogP contribution in [0.5, 0.6) is 0 Å². The number of halogens is 2. The molecule has 0 amide bonds. The van der Waals surface area contributed by atoms with Gasteiger partial charge in [0.05, 0.1) is 25.3 Å². The quantitative estimate of drug-likeness (QED) is 0.725. The van der Waals surface area contributed by atoms with Crippen molar-refractivity contribution in [2.24, 2.45) is 0 Å². The van der Waals surface area contributed by atoms with Gasteiger partial charge in [0.15, 0.2) is 15.7 Å². The molecule has 2 aliphatic rings.